The zero-order valence-electron chi connectivity index (χ0n) is 15.8. The lowest BCUT2D eigenvalue weighted by molar-refractivity contribution is -0.137. The van der Waals surface area contributed by atoms with Gasteiger partial charge in [0.2, 0.25) is 0 Å². The van der Waals surface area contributed by atoms with Crippen molar-refractivity contribution in [3.8, 4) is 0 Å². The summed E-state index contributed by atoms with van der Waals surface area (Å²) < 4.78 is 46.4. The predicted molar refractivity (Wildman–Crippen MR) is 97.1 cm³/mol. The van der Waals surface area contributed by atoms with Crippen molar-refractivity contribution in [3.63, 3.8) is 0 Å². The van der Waals surface area contributed by atoms with Gasteiger partial charge in [-0.1, -0.05) is 12.1 Å². The Hall–Kier alpha value is -2.77. The van der Waals surface area contributed by atoms with E-state index in [1.165, 1.54) is 19.1 Å². The number of alkyl halides is 3. The number of halogens is 3. The highest BCUT2D eigenvalue weighted by Gasteiger charge is 2.34. The number of aryl methyl sites for hydroxylation is 1. The molecule has 150 valence electrons. The van der Waals surface area contributed by atoms with Gasteiger partial charge in [-0.3, -0.25) is 4.79 Å². The van der Waals surface area contributed by atoms with Crippen LogP contribution in [0, 0.1) is 13.8 Å². The quantitative estimate of drug-likeness (QED) is 0.752. The molecule has 0 bridgehead atoms. The maximum atomic E-state index is 13.0. The van der Waals surface area contributed by atoms with Crippen LogP contribution >= 0.6 is 0 Å². The number of aromatic nitrogens is 1. The lowest BCUT2D eigenvalue weighted by atomic mass is 10.1. The number of esters is 1. The van der Waals surface area contributed by atoms with Crippen LogP contribution in [-0.4, -0.2) is 22.5 Å². The first-order valence-electron chi connectivity index (χ1n) is 8.96. The molecule has 1 heterocycles. The van der Waals surface area contributed by atoms with Crippen LogP contribution in [0.3, 0.4) is 0 Å². The molecule has 1 aromatic carbocycles. The van der Waals surface area contributed by atoms with Crippen molar-refractivity contribution in [1.29, 1.82) is 0 Å². The average Bonchev–Trinajstić information content (AvgIpc) is 3.39. The lowest BCUT2D eigenvalue weighted by Crippen LogP contribution is -2.31. The monoisotopic (exact) mass is 394 g/mol. The second kappa shape index (κ2) is 7.33. The second-order valence-electron chi connectivity index (χ2n) is 6.97. The molecular weight excluding hydrogens is 373 g/mol. The van der Waals surface area contributed by atoms with Gasteiger partial charge in [0.05, 0.1) is 16.8 Å². The zero-order valence-corrected chi connectivity index (χ0v) is 15.8. The van der Waals surface area contributed by atoms with Gasteiger partial charge in [-0.15, -0.1) is 0 Å². The fourth-order valence-corrected chi connectivity index (χ4v) is 3.23. The SMILES string of the molecule is Cc1cc(C(=O)O[C@@H](C)C(=O)Nc2ccccc2C(F)(F)F)c(C)n1C1CC1. The third-order valence-corrected chi connectivity index (χ3v) is 4.76. The maximum Gasteiger partial charge on any atom is 0.418 e. The van der Waals surface area contributed by atoms with Crippen LogP contribution in [0.5, 0.6) is 0 Å². The maximum absolute atomic E-state index is 13.0. The van der Waals surface area contributed by atoms with E-state index in [0.29, 0.717) is 11.6 Å². The number of para-hydroxylation sites is 1. The normalized spacial score (nSPS) is 15.2. The van der Waals surface area contributed by atoms with Crippen LogP contribution < -0.4 is 5.32 Å². The number of hydrogen-bond donors (Lipinski definition) is 1. The van der Waals surface area contributed by atoms with E-state index in [9.17, 15) is 22.8 Å². The Balaban J connectivity index is 1.70. The van der Waals surface area contributed by atoms with Crippen LogP contribution in [-0.2, 0) is 15.7 Å². The molecule has 0 saturated heterocycles. The third-order valence-electron chi connectivity index (χ3n) is 4.76. The van der Waals surface area contributed by atoms with Gasteiger partial charge < -0.3 is 14.6 Å². The number of nitrogens with zero attached hydrogens (tertiary/aromatic N) is 1. The summed E-state index contributed by atoms with van der Waals surface area (Å²) in [6.45, 7) is 5.03. The van der Waals surface area contributed by atoms with E-state index >= 15 is 0 Å². The van der Waals surface area contributed by atoms with E-state index in [4.69, 9.17) is 4.74 Å². The van der Waals surface area contributed by atoms with Gasteiger partial charge in [-0.2, -0.15) is 13.2 Å². The molecule has 0 spiro atoms. The van der Waals surface area contributed by atoms with Crippen LogP contribution in [0.2, 0.25) is 0 Å². The van der Waals surface area contributed by atoms with Crippen LogP contribution in [0.25, 0.3) is 0 Å². The summed E-state index contributed by atoms with van der Waals surface area (Å²) in [6, 6.07) is 6.74. The lowest BCUT2D eigenvalue weighted by Gasteiger charge is -2.17. The first-order valence-corrected chi connectivity index (χ1v) is 8.96. The van der Waals surface area contributed by atoms with Crippen LogP contribution in [0.4, 0.5) is 18.9 Å². The molecule has 1 saturated carbocycles. The van der Waals surface area contributed by atoms with Crippen molar-refractivity contribution in [2.24, 2.45) is 0 Å². The topological polar surface area (TPSA) is 60.3 Å². The number of carbonyl (C=O) groups is 2. The molecule has 1 aliphatic rings. The number of nitrogens with one attached hydrogen (secondary N) is 1. The number of hydrogen-bond acceptors (Lipinski definition) is 3. The van der Waals surface area contributed by atoms with Crippen molar-refractivity contribution in [3.05, 3.63) is 52.8 Å². The van der Waals surface area contributed by atoms with Gasteiger partial charge >= 0.3 is 12.1 Å². The third kappa shape index (κ3) is 4.05. The smallest absolute Gasteiger partial charge is 0.418 e. The molecule has 2 aromatic rings. The van der Waals surface area contributed by atoms with Crippen molar-refractivity contribution in [2.45, 2.75) is 51.9 Å². The molecule has 5 nitrogen and oxygen atoms in total. The van der Waals surface area contributed by atoms with E-state index in [0.717, 1.165) is 36.4 Å². The molecular formula is C20H21F3N2O3. The summed E-state index contributed by atoms with van der Waals surface area (Å²) in [5.74, 6) is -1.51. The molecule has 0 radical (unpaired) electrons. The highest BCUT2D eigenvalue weighted by atomic mass is 19.4. The summed E-state index contributed by atoms with van der Waals surface area (Å²) in [5.41, 5.74) is 0.715. The van der Waals surface area contributed by atoms with Gasteiger partial charge in [0.1, 0.15) is 0 Å². The number of carbonyl (C=O) groups excluding carboxylic acids is 2. The van der Waals surface area contributed by atoms with Crippen molar-refractivity contribution < 1.29 is 27.5 Å². The Morgan fingerprint density at radius 1 is 1.21 bits per heavy atom. The minimum Gasteiger partial charge on any atom is -0.449 e. The molecule has 1 fully saturated rings. The Morgan fingerprint density at radius 3 is 2.46 bits per heavy atom. The molecule has 3 rings (SSSR count). The highest BCUT2D eigenvalue weighted by molar-refractivity contribution is 5.98. The molecule has 8 heteroatoms. The minimum absolute atomic E-state index is 0.361. The first kappa shape index (κ1) is 20.0. The Kier molecular flexibility index (Phi) is 5.23. The zero-order chi connectivity index (χ0) is 20.6. The Labute approximate surface area is 160 Å². The van der Waals surface area contributed by atoms with Crippen molar-refractivity contribution in [2.75, 3.05) is 5.32 Å². The number of anilines is 1. The Bertz CT molecular complexity index is 914. The molecule has 0 unspecified atom stereocenters. The first-order chi connectivity index (χ1) is 13.1. The van der Waals surface area contributed by atoms with E-state index in [-0.39, 0.29) is 5.69 Å². The van der Waals surface area contributed by atoms with Crippen molar-refractivity contribution >= 4 is 17.6 Å². The summed E-state index contributed by atoms with van der Waals surface area (Å²) in [6.07, 6.45) is -3.74. The molecule has 1 N–H and O–H groups in total. The van der Waals surface area contributed by atoms with E-state index in [1.807, 2.05) is 13.8 Å². The summed E-state index contributed by atoms with van der Waals surface area (Å²) in [5, 5.41) is 2.19. The number of amides is 1. The molecule has 1 aliphatic carbocycles. The fourth-order valence-electron chi connectivity index (χ4n) is 3.23. The van der Waals surface area contributed by atoms with Crippen LogP contribution in [0.15, 0.2) is 30.3 Å². The molecule has 0 aliphatic heterocycles. The van der Waals surface area contributed by atoms with Gasteiger partial charge in [0.15, 0.2) is 6.10 Å². The average molecular weight is 394 g/mol. The Morgan fingerprint density at radius 2 is 1.86 bits per heavy atom. The molecule has 28 heavy (non-hydrogen) atoms. The van der Waals surface area contributed by atoms with E-state index in [2.05, 4.69) is 9.88 Å². The van der Waals surface area contributed by atoms with Crippen LogP contribution in [0.1, 0.15) is 53.1 Å². The van der Waals surface area contributed by atoms with Crippen molar-refractivity contribution in [1.82, 2.24) is 4.57 Å². The minimum atomic E-state index is -4.61. The summed E-state index contributed by atoms with van der Waals surface area (Å²) in [4.78, 5) is 24.7. The van der Waals surface area contributed by atoms with E-state index in [1.54, 1.807) is 6.07 Å². The predicted octanol–water partition coefficient (Wildman–Crippen LogP) is 4.64. The van der Waals surface area contributed by atoms with Gasteiger partial charge in [-0.25, -0.2) is 4.79 Å². The highest BCUT2D eigenvalue weighted by Crippen LogP contribution is 2.38. The number of rotatable bonds is 5. The molecule has 1 amide bonds. The largest absolute Gasteiger partial charge is 0.449 e. The molecule has 1 aromatic heterocycles. The summed E-state index contributed by atoms with van der Waals surface area (Å²) in [7, 11) is 0. The number of ether oxygens (including phenoxy) is 1. The number of benzene rings is 1. The van der Waals surface area contributed by atoms with Gasteiger partial charge in [-0.05, 0) is 51.8 Å². The second-order valence-corrected chi connectivity index (χ2v) is 6.97. The van der Waals surface area contributed by atoms with E-state index < -0.39 is 29.7 Å². The summed E-state index contributed by atoms with van der Waals surface area (Å²) >= 11 is 0. The molecule has 1 atom stereocenters. The van der Waals surface area contributed by atoms with Gasteiger partial charge in [0, 0.05) is 17.4 Å². The standard InChI is InChI=1S/C20H21F3N2O3/c1-11-10-15(12(2)25(11)14-8-9-14)19(27)28-13(3)18(26)24-17-7-5-4-6-16(17)20(21,22)23/h4-7,10,13-14H,8-9H2,1-3H3,(H,24,26)/t13-/m0/s1. The fraction of sp³-hybridized carbons (Fsp3) is 0.400. The van der Waals surface area contributed by atoms with Gasteiger partial charge in [0.25, 0.3) is 5.91 Å².